The highest BCUT2D eigenvalue weighted by Gasteiger charge is 2.35. The van der Waals surface area contributed by atoms with Crippen LogP contribution < -0.4 is 10.2 Å². The second-order valence-corrected chi connectivity index (χ2v) is 8.43. The van der Waals surface area contributed by atoms with Crippen LogP contribution >= 0.6 is 11.8 Å². The third-order valence-corrected chi connectivity index (χ3v) is 6.10. The zero-order chi connectivity index (χ0) is 21.1. The van der Waals surface area contributed by atoms with Crippen LogP contribution in [-0.2, 0) is 9.59 Å². The van der Waals surface area contributed by atoms with Gasteiger partial charge in [-0.1, -0.05) is 12.1 Å². The number of nitrogens with one attached hydrogen (secondary N) is 1. The molecule has 7 heteroatoms. The third kappa shape index (κ3) is 4.79. The first-order valence-corrected chi connectivity index (χ1v) is 10.2. The Hall–Kier alpha value is -2.80. The fourth-order valence-corrected chi connectivity index (χ4v) is 3.84. The van der Waals surface area contributed by atoms with Gasteiger partial charge in [0.25, 0.3) is 5.24 Å². The van der Waals surface area contributed by atoms with Gasteiger partial charge < -0.3 is 15.1 Å². The Morgan fingerprint density at radius 1 is 1.10 bits per heavy atom. The molecule has 1 fully saturated rings. The average Bonchev–Trinajstić information content (AvgIpc) is 3.07. The number of anilines is 2. The van der Waals surface area contributed by atoms with E-state index in [4.69, 9.17) is 0 Å². The molecule has 29 heavy (non-hydrogen) atoms. The monoisotopic (exact) mass is 411 g/mol. The largest absolute Gasteiger partial charge is 0.339 e. The van der Waals surface area contributed by atoms with Crippen LogP contribution in [0.3, 0.4) is 0 Å². The molecule has 0 bridgehead atoms. The van der Waals surface area contributed by atoms with E-state index in [0.717, 1.165) is 33.5 Å². The SMILES string of the molecule is Cc1cccc(N2CC(C(=O)Nc3ccc(SC(=O)N(C)C)cc3)CC2=O)c1C. The zero-order valence-corrected chi connectivity index (χ0v) is 17.9. The molecule has 3 rings (SSSR count). The predicted octanol–water partition coefficient (Wildman–Crippen LogP) is 4.07. The number of hydrogen-bond acceptors (Lipinski definition) is 4. The highest BCUT2D eigenvalue weighted by molar-refractivity contribution is 8.13. The van der Waals surface area contributed by atoms with Gasteiger partial charge in [-0.3, -0.25) is 14.4 Å². The van der Waals surface area contributed by atoms with Gasteiger partial charge >= 0.3 is 0 Å². The average molecular weight is 412 g/mol. The van der Waals surface area contributed by atoms with E-state index < -0.39 is 5.92 Å². The van der Waals surface area contributed by atoms with Crippen molar-refractivity contribution >= 4 is 40.2 Å². The summed E-state index contributed by atoms with van der Waals surface area (Å²) >= 11 is 1.13. The molecule has 0 radical (unpaired) electrons. The normalized spacial score (nSPS) is 16.1. The Morgan fingerprint density at radius 2 is 1.79 bits per heavy atom. The summed E-state index contributed by atoms with van der Waals surface area (Å²) in [6, 6.07) is 13.0. The summed E-state index contributed by atoms with van der Waals surface area (Å²) in [5.41, 5.74) is 3.70. The van der Waals surface area contributed by atoms with Gasteiger partial charge in [0.1, 0.15) is 0 Å². The molecular weight excluding hydrogens is 386 g/mol. The van der Waals surface area contributed by atoms with Crippen molar-refractivity contribution in [3.05, 3.63) is 53.6 Å². The summed E-state index contributed by atoms with van der Waals surface area (Å²) in [5, 5.41) is 2.83. The minimum Gasteiger partial charge on any atom is -0.339 e. The Labute approximate surface area is 175 Å². The predicted molar refractivity (Wildman–Crippen MR) is 116 cm³/mol. The van der Waals surface area contributed by atoms with E-state index in [-0.39, 0.29) is 23.5 Å². The Balaban J connectivity index is 1.63. The molecule has 1 aliphatic heterocycles. The van der Waals surface area contributed by atoms with Crippen LogP contribution in [-0.4, -0.2) is 42.6 Å². The molecule has 3 amide bonds. The maximum atomic E-state index is 12.7. The molecule has 0 spiro atoms. The molecule has 1 saturated heterocycles. The molecule has 0 saturated carbocycles. The molecule has 1 unspecified atom stereocenters. The lowest BCUT2D eigenvalue weighted by atomic mass is 10.1. The van der Waals surface area contributed by atoms with Crippen LogP contribution in [0.4, 0.5) is 16.2 Å². The maximum absolute atomic E-state index is 12.7. The Kier molecular flexibility index (Phi) is 6.27. The van der Waals surface area contributed by atoms with Crippen LogP contribution in [0, 0.1) is 19.8 Å². The van der Waals surface area contributed by atoms with Gasteiger partial charge in [0.15, 0.2) is 0 Å². The van der Waals surface area contributed by atoms with E-state index in [1.807, 2.05) is 32.0 Å². The maximum Gasteiger partial charge on any atom is 0.285 e. The van der Waals surface area contributed by atoms with Gasteiger partial charge in [0.05, 0.1) is 5.92 Å². The Morgan fingerprint density at radius 3 is 2.45 bits per heavy atom. The number of thioether (sulfide) groups is 1. The third-order valence-electron chi connectivity index (χ3n) is 5.05. The van der Waals surface area contributed by atoms with Gasteiger partial charge in [0, 0.05) is 43.3 Å². The number of rotatable bonds is 4. The standard InChI is InChI=1S/C22H25N3O3S/c1-14-6-5-7-19(15(14)2)25-13-16(12-20(25)26)21(27)23-17-8-10-18(11-9-17)29-22(28)24(3)4/h5-11,16H,12-13H2,1-4H3,(H,23,27). The van der Waals surface area contributed by atoms with Crippen molar-refractivity contribution in [2.45, 2.75) is 25.2 Å². The summed E-state index contributed by atoms with van der Waals surface area (Å²) in [6.45, 7) is 4.38. The minimum atomic E-state index is -0.396. The van der Waals surface area contributed by atoms with Gasteiger partial charge in [0.2, 0.25) is 11.8 Å². The van der Waals surface area contributed by atoms with E-state index in [0.29, 0.717) is 12.2 Å². The first kappa shape index (κ1) is 20.9. The molecule has 0 aliphatic carbocycles. The number of benzene rings is 2. The molecule has 0 aromatic heterocycles. The van der Waals surface area contributed by atoms with Gasteiger partial charge in [-0.25, -0.2) is 0 Å². The van der Waals surface area contributed by atoms with E-state index in [1.54, 1.807) is 43.3 Å². The zero-order valence-electron chi connectivity index (χ0n) is 17.1. The lowest BCUT2D eigenvalue weighted by Crippen LogP contribution is -2.28. The number of nitrogens with zero attached hydrogens (tertiary/aromatic N) is 2. The van der Waals surface area contributed by atoms with Crippen LogP contribution in [0.1, 0.15) is 17.5 Å². The highest BCUT2D eigenvalue weighted by Crippen LogP contribution is 2.30. The smallest absolute Gasteiger partial charge is 0.285 e. The van der Waals surface area contributed by atoms with Crippen molar-refractivity contribution < 1.29 is 14.4 Å². The molecule has 152 valence electrons. The van der Waals surface area contributed by atoms with Crippen molar-refractivity contribution in [3.63, 3.8) is 0 Å². The van der Waals surface area contributed by atoms with Crippen molar-refractivity contribution in [1.29, 1.82) is 0 Å². The van der Waals surface area contributed by atoms with Crippen LogP contribution in [0.15, 0.2) is 47.4 Å². The molecule has 1 atom stereocenters. The second-order valence-electron chi connectivity index (χ2n) is 7.40. The van der Waals surface area contributed by atoms with Crippen LogP contribution in [0.25, 0.3) is 0 Å². The molecule has 1 aliphatic rings. The lowest BCUT2D eigenvalue weighted by molar-refractivity contribution is -0.122. The topological polar surface area (TPSA) is 69.7 Å². The molecule has 6 nitrogen and oxygen atoms in total. The van der Waals surface area contributed by atoms with E-state index >= 15 is 0 Å². The molecule has 1 heterocycles. The van der Waals surface area contributed by atoms with Crippen molar-refractivity contribution in [1.82, 2.24) is 4.90 Å². The number of amides is 3. The van der Waals surface area contributed by atoms with E-state index in [2.05, 4.69) is 5.32 Å². The molecule has 2 aromatic rings. The summed E-state index contributed by atoms with van der Waals surface area (Å²) in [6.07, 6.45) is 0.199. The summed E-state index contributed by atoms with van der Waals surface area (Å²) < 4.78 is 0. The summed E-state index contributed by atoms with van der Waals surface area (Å²) in [4.78, 5) is 41.0. The first-order valence-electron chi connectivity index (χ1n) is 9.43. The van der Waals surface area contributed by atoms with E-state index in [1.165, 1.54) is 4.90 Å². The van der Waals surface area contributed by atoms with Crippen molar-refractivity contribution in [2.24, 2.45) is 5.92 Å². The number of carbonyl (C=O) groups excluding carboxylic acids is 3. The van der Waals surface area contributed by atoms with Gasteiger partial charge in [-0.2, -0.15) is 0 Å². The number of carbonyl (C=O) groups is 3. The number of aryl methyl sites for hydroxylation is 1. The van der Waals surface area contributed by atoms with Crippen molar-refractivity contribution in [2.75, 3.05) is 30.9 Å². The number of hydrogen-bond donors (Lipinski definition) is 1. The van der Waals surface area contributed by atoms with Crippen molar-refractivity contribution in [3.8, 4) is 0 Å². The van der Waals surface area contributed by atoms with Gasteiger partial charge in [-0.05, 0) is 67.1 Å². The molecule has 1 N–H and O–H groups in total. The van der Waals surface area contributed by atoms with E-state index in [9.17, 15) is 14.4 Å². The fraction of sp³-hybridized carbons (Fsp3) is 0.318. The lowest BCUT2D eigenvalue weighted by Gasteiger charge is -2.20. The molecule has 2 aromatic carbocycles. The highest BCUT2D eigenvalue weighted by atomic mass is 32.2. The minimum absolute atomic E-state index is 0.0344. The van der Waals surface area contributed by atoms with Crippen LogP contribution in [0.5, 0.6) is 0 Å². The Bertz CT molecular complexity index is 941. The van der Waals surface area contributed by atoms with Crippen LogP contribution in [0.2, 0.25) is 0 Å². The second kappa shape index (κ2) is 8.69. The summed E-state index contributed by atoms with van der Waals surface area (Å²) in [7, 11) is 3.41. The first-order chi connectivity index (χ1) is 13.8. The quantitative estimate of drug-likeness (QED) is 0.770. The van der Waals surface area contributed by atoms with Gasteiger partial charge in [-0.15, -0.1) is 0 Å². The summed E-state index contributed by atoms with van der Waals surface area (Å²) in [5.74, 6) is -0.601. The fourth-order valence-electron chi connectivity index (χ4n) is 3.19. The molecular formula is C22H25N3O3S.